The first kappa shape index (κ1) is 68.5. The molecule has 0 bridgehead atoms. The van der Waals surface area contributed by atoms with Crippen LogP contribution in [0.2, 0.25) is 0 Å². The van der Waals surface area contributed by atoms with Crippen molar-refractivity contribution in [3.8, 4) is 17.2 Å². The average molecular weight is 1380 g/mol. The van der Waals surface area contributed by atoms with E-state index in [4.69, 9.17) is 0 Å². The fraction of sp³-hybridized carbons (Fsp3) is 0.239. The Labute approximate surface area is 562 Å². The van der Waals surface area contributed by atoms with E-state index in [2.05, 4.69) is 43.7 Å². The Morgan fingerprint density at radius 3 is 0.968 bits per heavy atom. The van der Waals surface area contributed by atoms with E-state index in [0.717, 1.165) is 76.1 Å². The minimum Gasteiger partial charge on any atom is -0.512 e. The summed E-state index contributed by atoms with van der Waals surface area (Å²) in [5.41, 5.74) is 4.34. The van der Waals surface area contributed by atoms with E-state index in [0.29, 0.717) is 70.0 Å². The smallest absolute Gasteiger partial charge is 0.261 e. The van der Waals surface area contributed by atoms with Crippen LogP contribution in [0.15, 0.2) is 230 Å². The number of fused-ring (bicyclic) bond motifs is 3. The molecule has 492 valence electrons. The second kappa shape index (κ2) is 30.4. The number of nitrogens with zero attached hydrogens (tertiary/aromatic N) is 2. The molecular formula is C71H75N5O12S6. The number of rotatable bonds is 21. The van der Waals surface area contributed by atoms with Crippen molar-refractivity contribution >= 4 is 126 Å². The standard InChI is InChI=1S/C24H26N2O4S2.C24H25NO4S2.C23H24N2O4S2/c1-17(27)16-31-23-15-22(20-7-3-4-8-21(20)24(23)28)25-32(29,30)19-11-9-18(10-12-19)26-13-5-2-6-14-26;1-16(26)15-30-23-14-22(20-8-4-5-9-21(20)24(23)27)25-31(28,29)19-12-10-18(11-13-19)17-6-2-3-7-17;1-16(26)15-30-22-14-21(19-6-2-3-7-20(19)23(22)27)24-31(28,29)18-10-8-17(9-11-18)25-12-4-5-13-25/h3-4,7-12,15,25,27-28H,1-2,5-6,13-14,16H2;4-5,8-14,17,25-27H,1-3,6-7,15H2;2-3,6-11,14,24,26-27H,1,4-5,12-13,15H2. The third kappa shape index (κ3) is 16.8. The number of piperidine rings is 1. The lowest BCUT2D eigenvalue weighted by atomic mass is 9.98. The Morgan fingerprint density at radius 2 is 0.670 bits per heavy atom. The lowest BCUT2D eigenvalue weighted by molar-refractivity contribution is 0.419. The van der Waals surface area contributed by atoms with E-state index in [-0.39, 0.29) is 66.5 Å². The van der Waals surface area contributed by atoms with Crippen LogP contribution in [0.1, 0.15) is 69.3 Å². The third-order valence-corrected chi connectivity index (χ3v) is 23.8. The zero-order chi connectivity index (χ0) is 66.7. The van der Waals surface area contributed by atoms with Crippen LogP contribution in [0, 0.1) is 0 Å². The molecule has 3 fully saturated rings. The maximum absolute atomic E-state index is 13.1. The lowest BCUT2D eigenvalue weighted by Crippen LogP contribution is -2.29. The number of nitrogens with one attached hydrogen (secondary N) is 3. The van der Waals surface area contributed by atoms with Crippen LogP contribution < -0.4 is 24.0 Å². The van der Waals surface area contributed by atoms with E-state index in [1.54, 1.807) is 127 Å². The van der Waals surface area contributed by atoms with Gasteiger partial charge in [-0.05, 0) is 135 Å². The fourth-order valence-corrected chi connectivity index (χ4v) is 17.2. The number of phenolic OH excluding ortho intramolecular Hbond substituents is 3. The number of thioether (sulfide) groups is 3. The van der Waals surface area contributed by atoms with Gasteiger partial charge in [-0.25, -0.2) is 25.3 Å². The molecule has 12 rings (SSSR count). The average Bonchev–Trinajstić information content (AvgIpc) is 0.907. The summed E-state index contributed by atoms with van der Waals surface area (Å²) in [5, 5.41) is 63.5. The molecule has 0 amide bonds. The minimum atomic E-state index is -3.84. The van der Waals surface area contributed by atoms with Crippen molar-refractivity contribution in [2.24, 2.45) is 0 Å². The van der Waals surface area contributed by atoms with Gasteiger partial charge in [0.2, 0.25) is 0 Å². The predicted molar refractivity (Wildman–Crippen MR) is 385 cm³/mol. The van der Waals surface area contributed by atoms with Gasteiger partial charge in [0.05, 0.1) is 81.0 Å². The maximum Gasteiger partial charge on any atom is 0.261 e. The number of phenols is 3. The molecule has 1 aliphatic carbocycles. The highest BCUT2D eigenvalue weighted by molar-refractivity contribution is 8.00. The molecular weight excluding hydrogens is 1310 g/mol. The number of anilines is 5. The zero-order valence-electron chi connectivity index (χ0n) is 51.6. The zero-order valence-corrected chi connectivity index (χ0v) is 56.5. The molecule has 0 unspecified atom stereocenters. The predicted octanol–water partition coefficient (Wildman–Crippen LogP) is 16.8. The molecule has 9 aromatic rings. The summed E-state index contributed by atoms with van der Waals surface area (Å²) in [7, 11) is -11.5. The molecule has 9 aromatic carbocycles. The van der Waals surface area contributed by atoms with Crippen LogP contribution in [-0.2, 0) is 30.1 Å². The second-order valence-corrected chi connectivity index (χ2v) is 31.2. The Balaban J connectivity index is 0.000000154. The minimum absolute atomic E-state index is 0.0259. The fourth-order valence-electron chi connectivity index (χ4n) is 11.7. The maximum atomic E-state index is 13.1. The monoisotopic (exact) mass is 1380 g/mol. The number of sulfonamides is 3. The summed E-state index contributed by atoms with van der Waals surface area (Å²) in [5.74, 6) is 1.14. The van der Waals surface area contributed by atoms with Gasteiger partial charge in [-0.15, -0.1) is 35.3 Å². The summed E-state index contributed by atoms with van der Waals surface area (Å²) in [6, 6.07) is 46.9. The molecule has 94 heavy (non-hydrogen) atoms. The van der Waals surface area contributed by atoms with Gasteiger partial charge in [-0.2, -0.15) is 0 Å². The molecule has 2 aliphatic heterocycles. The highest BCUT2D eigenvalue weighted by Gasteiger charge is 2.25. The van der Waals surface area contributed by atoms with Crippen molar-refractivity contribution in [2.45, 2.75) is 93.1 Å². The van der Waals surface area contributed by atoms with Gasteiger partial charge in [0.15, 0.2) is 0 Å². The van der Waals surface area contributed by atoms with E-state index in [9.17, 15) is 55.9 Å². The quantitative estimate of drug-likeness (QED) is 0.0184. The lowest BCUT2D eigenvalue weighted by Gasteiger charge is -2.28. The molecule has 3 aliphatic rings. The molecule has 0 spiro atoms. The number of aliphatic hydroxyl groups excluding tert-OH is 3. The van der Waals surface area contributed by atoms with Crippen LogP contribution in [0.25, 0.3) is 32.3 Å². The molecule has 0 aromatic heterocycles. The van der Waals surface area contributed by atoms with Gasteiger partial charge in [-0.1, -0.05) is 118 Å². The highest BCUT2D eigenvalue weighted by atomic mass is 32.2. The van der Waals surface area contributed by atoms with E-state index < -0.39 is 30.1 Å². The van der Waals surface area contributed by atoms with Crippen LogP contribution in [0.5, 0.6) is 17.2 Å². The highest BCUT2D eigenvalue weighted by Crippen LogP contribution is 2.45. The van der Waals surface area contributed by atoms with Crippen LogP contribution in [0.4, 0.5) is 28.4 Å². The first-order valence-electron chi connectivity index (χ1n) is 30.7. The molecule has 9 N–H and O–H groups in total. The SMILES string of the molecule is C=C(O)CSc1cc(NS(=O)(=O)c2ccc(C3CCCC3)cc2)c2ccccc2c1O.C=C(O)CSc1cc(NS(=O)(=O)c2ccc(N3CCCC3)cc2)c2ccccc2c1O.C=C(O)CSc1cc(NS(=O)(=O)c2ccc(N3CCCCC3)cc2)c2ccccc2c1O. The van der Waals surface area contributed by atoms with Crippen molar-refractivity contribution in [3.05, 3.63) is 206 Å². The van der Waals surface area contributed by atoms with Crippen LogP contribution >= 0.6 is 35.3 Å². The first-order valence-corrected chi connectivity index (χ1v) is 38.1. The van der Waals surface area contributed by atoms with Gasteiger partial charge in [0, 0.05) is 69.9 Å². The van der Waals surface area contributed by atoms with Crippen molar-refractivity contribution < 1.29 is 55.9 Å². The van der Waals surface area contributed by atoms with Crippen LogP contribution in [0.3, 0.4) is 0 Å². The summed E-state index contributed by atoms with van der Waals surface area (Å²) in [6.07, 6.45) is 10.6. The summed E-state index contributed by atoms with van der Waals surface area (Å²) < 4.78 is 86.7. The van der Waals surface area contributed by atoms with E-state index in [1.807, 2.05) is 36.4 Å². The topological polar surface area (TPSA) is 266 Å². The number of aliphatic hydroxyl groups is 3. The third-order valence-electron chi connectivity index (χ3n) is 16.4. The Kier molecular flexibility index (Phi) is 22.2. The van der Waals surface area contributed by atoms with Gasteiger partial charge < -0.3 is 40.4 Å². The van der Waals surface area contributed by atoms with E-state index >= 15 is 0 Å². The normalized spacial score (nSPS) is 14.4. The van der Waals surface area contributed by atoms with Crippen molar-refractivity contribution in [1.29, 1.82) is 0 Å². The molecule has 2 saturated heterocycles. The molecule has 1 saturated carbocycles. The number of aromatic hydroxyl groups is 3. The number of benzene rings is 9. The molecule has 2 heterocycles. The first-order chi connectivity index (χ1) is 45.0. The van der Waals surface area contributed by atoms with Crippen LogP contribution in [-0.4, -0.2) is 99.3 Å². The summed E-state index contributed by atoms with van der Waals surface area (Å²) in [6.45, 7) is 14.3. The Bertz CT molecular complexity index is 4400. The largest absolute Gasteiger partial charge is 0.512 e. The van der Waals surface area contributed by atoms with Gasteiger partial charge in [-0.3, -0.25) is 14.2 Å². The van der Waals surface area contributed by atoms with Gasteiger partial charge >= 0.3 is 0 Å². The van der Waals surface area contributed by atoms with Crippen molar-refractivity contribution in [1.82, 2.24) is 0 Å². The van der Waals surface area contributed by atoms with Gasteiger partial charge in [0.1, 0.15) is 17.2 Å². The Hall–Kier alpha value is -8.32. The van der Waals surface area contributed by atoms with Crippen molar-refractivity contribution in [3.63, 3.8) is 0 Å². The summed E-state index contributed by atoms with van der Waals surface area (Å²) >= 11 is 3.55. The van der Waals surface area contributed by atoms with Gasteiger partial charge in [0.25, 0.3) is 30.1 Å². The van der Waals surface area contributed by atoms with E-state index in [1.165, 1.54) is 60.1 Å². The number of hydrogen-bond donors (Lipinski definition) is 9. The molecule has 17 nitrogen and oxygen atoms in total. The van der Waals surface area contributed by atoms with Crippen molar-refractivity contribution in [2.75, 3.05) is 67.4 Å². The Morgan fingerprint density at radius 1 is 0.394 bits per heavy atom. The molecule has 0 atom stereocenters. The summed E-state index contributed by atoms with van der Waals surface area (Å²) in [4.78, 5) is 6.44. The number of hydrogen-bond acceptors (Lipinski definition) is 17. The molecule has 23 heteroatoms. The second-order valence-electron chi connectivity index (χ2n) is 23.1. The molecule has 0 radical (unpaired) electrons.